The van der Waals surface area contributed by atoms with E-state index in [4.69, 9.17) is 0 Å². The summed E-state index contributed by atoms with van der Waals surface area (Å²) in [5, 5.41) is 3.04. The van der Waals surface area contributed by atoms with E-state index in [0.29, 0.717) is 0 Å². The third kappa shape index (κ3) is 5.90. The lowest BCUT2D eigenvalue weighted by Gasteiger charge is -2.29. The van der Waals surface area contributed by atoms with E-state index in [9.17, 15) is 35.5 Å². The molecule has 5 nitrogen and oxygen atoms in total. The Bertz CT molecular complexity index is 1310. The van der Waals surface area contributed by atoms with Crippen molar-refractivity contribution in [3.8, 4) is 5.75 Å². The van der Waals surface area contributed by atoms with Crippen molar-refractivity contribution in [3.63, 3.8) is 0 Å². The van der Waals surface area contributed by atoms with Crippen molar-refractivity contribution in [2.45, 2.75) is 50.4 Å². The first-order valence-electron chi connectivity index (χ1n) is 11.4. The lowest BCUT2D eigenvalue weighted by molar-refractivity contribution is -0.274. The van der Waals surface area contributed by atoms with Crippen LogP contribution in [0.15, 0.2) is 66.7 Å². The molecule has 0 spiro atoms. The molecule has 0 bridgehead atoms. The Morgan fingerprint density at radius 2 is 1.53 bits per heavy atom. The zero-order valence-electron chi connectivity index (χ0n) is 20.1. The Hall–Kier alpha value is -3.67. The Morgan fingerprint density at radius 3 is 2.13 bits per heavy atom. The van der Waals surface area contributed by atoms with Gasteiger partial charge in [-0.3, -0.25) is 10.1 Å². The van der Waals surface area contributed by atoms with Gasteiger partial charge in [-0.1, -0.05) is 24.3 Å². The molecule has 2 aromatic carbocycles. The number of amides is 1. The van der Waals surface area contributed by atoms with E-state index in [1.54, 1.807) is 19.9 Å². The highest BCUT2D eigenvalue weighted by Crippen LogP contribution is 2.40. The van der Waals surface area contributed by atoms with Crippen molar-refractivity contribution in [1.82, 2.24) is 10.3 Å². The fourth-order valence-corrected chi connectivity index (χ4v) is 4.45. The highest BCUT2D eigenvalue weighted by atomic mass is 19.4. The molecular weight excluding hydrogens is 519 g/mol. The predicted octanol–water partition coefficient (Wildman–Crippen LogP) is 6.51. The number of nitrogens with zero attached hydrogens (tertiary/aromatic N) is 2. The molecule has 2 atom stereocenters. The number of nitrogens with one attached hydrogen (secondary N) is 1. The summed E-state index contributed by atoms with van der Waals surface area (Å²) in [6, 6.07) is 11.9. The van der Waals surface area contributed by atoms with Gasteiger partial charge in [0.05, 0.1) is 23.3 Å². The first kappa shape index (κ1) is 27.4. The molecule has 1 aliphatic heterocycles. The smallest absolute Gasteiger partial charge is 0.406 e. The standard InChI is InChI=1S/C26H22F7N3O2/c1-24(2,21-8-5-9-22(34-21)25(28,29)30)35-19-14-20(17-6-3-4-7-18(17)27)36(23(19)37)15-10-12-16(13-11-15)38-26(31,32)33/h3-13,19-20,35H,14H2,1-2H3/t19-,20-/m1/s1. The highest BCUT2D eigenvalue weighted by Gasteiger charge is 2.45. The molecule has 1 aromatic heterocycles. The third-order valence-corrected chi connectivity index (χ3v) is 6.13. The fourth-order valence-electron chi connectivity index (χ4n) is 4.45. The van der Waals surface area contributed by atoms with Gasteiger partial charge in [-0.05, 0) is 62.7 Å². The molecule has 3 aromatic rings. The molecule has 1 saturated heterocycles. The number of hydrogen-bond acceptors (Lipinski definition) is 4. The topological polar surface area (TPSA) is 54.5 Å². The van der Waals surface area contributed by atoms with Crippen LogP contribution in [-0.4, -0.2) is 23.3 Å². The highest BCUT2D eigenvalue weighted by molar-refractivity contribution is 6.00. The van der Waals surface area contributed by atoms with E-state index in [2.05, 4.69) is 15.0 Å². The zero-order valence-corrected chi connectivity index (χ0v) is 20.1. The molecule has 1 amide bonds. The van der Waals surface area contributed by atoms with Gasteiger partial charge in [0.25, 0.3) is 0 Å². The normalized spacial score (nSPS) is 18.7. The zero-order chi connectivity index (χ0) is 27.9. The lowest BCUT2D eigenvalue weighted by Crippen LogP contribution is -2.48. The largest absolute Gasteiger partial charge is 0.573 e. The first-order chi connectivity index (χ1) is 17.7. The Morgan fingerprint density at radius 1 is 0.895 bits per heavy atom. The summed E-state index contributed by atoms with van der Waals surface area (Å²) in [5.41, 5.74) is -1.89. The van der Waals surface area contributed by atoms with E-state index in [1.807, 2.05) is 0 Å². The minimum atomic E-state index is -4.90. The summed E-state index contributed by atoms with van der Waals surface area (Å²) < 4.78 is 96.0. The second kappa shape index (κ2) is 9.90. The van der Waals surface area contributed by atoms with Gasteiger partial charge >= 0.3 is 12.5 Å². The summed E-state index contributed by atoms with van der Waals surface area (Å²) in [6.45, 7) is 3.12. The van der Waals surface area contributed by atoms with E-state index in [0.717, 1.165) is 18.2 Å². The molecule has 0 unspecified atom stereocenters. The van der Waals surface area contributed by atoms with Crippen molar-refractivity contribution in [3.05, 3.63) is 89.5 Å². The number of hydrogen-bond donors (Lipinski definition) is 1. The number of carbonyl (C=O) groups excluding carboxylic acids is 1. The SMILES string of the molecule is CC(C)(N[C@@H]1C[C@H](c2ccccc2F)N(c2ccc(OC(F)(F)F)cc2)C1=O)c1cccc(C(F)(F)F)n1. The minimum absolute atomic E-state index is 0.0307. The molecular formula is C26H22F7N3O2. The summed E-state index contributed by atoms with van der Waals surface area (Å²) in [4.78, 5) is 18.5. The average Bonchev–Trinajstić information content (AvgIpc) is 3.13. The number of benzene rings is 2. The molecule has 1 N–H and O–H groups in total. The van der Waals surface area contributed by atoms with Gasteiger partial charge in [0.2, 0.25) is 5.91 Å². The van der Waals surface area contributed by atoms with Gasteiger partial charge < -0.3 is 9.64 Å². The second-order valence-corrected chi connectivity index (χ2v) is 9.25. The van der Waals surface area contributed by atoms with Gasteiger partial charge in [-0.25, -0.2) is 9.37 Å². The van der Waals surface area contributed by atoms with E-state index >= 15 is 0 Å². The number of aromatic nitrogens is 1. The fraction of sp³-hybridized carbons (Fsp3) is 0.308. The van der Waals surface area contributed by atoms with Crippen LogP contribution in [0, 0.1) is 5.82 Å². The Kier molecular flexibility index (Phi) is 7.13. The van der Waals surface area contributed by atoms with Crippen molar-refractivity contribution >= 4 is 11.6 Å². The summed E-state index contributed by atoms with van der Waals surface area (Å²) >= 11 is 0. The molecule has 1 fully saturated rings. The van der Waals surface area contributed by atoms with E-state index in [-0.39, 0.29) is 23.4 Å². The van der Waals surface area contributed by atoms with Crippen LogP contribution in [-0.2, 0) is 16.5 Å². The second-order valence-electron chi connectivity index (χ2n) is 9.25. The molecule has 0 saturated carbocycles. The summed E-state index contributed by atoms with van der Waals surface area (Å²) in [5.74, 6) is -1.63. The average molecular weight is 541 g/mol. The molecule has 0 radical (unpaired) electrons. The van der Waals surface area contributed by atoms with Gasteiger partial charge in [-0.15, -0.1) is 13.2 Å². The maximum absolute atomic E-state index is 14.8. The monoisotopic (exact) mass is 541 g/mol. The summed E-state index contributed by atoms with van der Waals surface area (Å²) in [6.07, 6.45) is -9.54. The van der Waals surface area contributed by atoms with E-state index in [1.165, 1.54) is 47.4 Å². The number of rotatable bonds is 6. The van der Waals surface area contributed by atoms with Crippen molar-refractivity contribution in [2.24, 2.45) is 0 Å². The molecule has 38 heavy (non-hydrogen) atoms. The number of pyridine rings is 1. The van der Waals surface area contributed by atoms with Crippen LogP contribution >= 0.6 is 0 Å². The molecule has 202 valence electrons. The molecule has 12 heteroatoms. The van der Waals surface area contributed by atoms with Gasteiger partial charge in [0.15, 0.2) is 0 Å². The number of halogens is 7. The number of carbonyl (C=O) groups is 1. The summed E-state index contributed by atoms with van der Waals surface area (Å²) in [7, 11) is 0. The number of alkyl halides is 6. The van der Waals surface area contributed by atoms with Gasteiger partial charge in [0, 0.05) is 11.3 Å². The predicted molar refractivity (Wildman–Crippen MR) is 124 cm³/mol. The van der Waals surface area contributed by atoms with Crippen LogP contribution < -0.4 is 15.0 Å². The van der Waals surface area contributed by atoms with Crippen LogP contribution in [0.1, 0.15) is 43.3 Å². The lowest BCUT2D eigenvalue weighted by atomic mass is 9.96. The van der Waals surface area contributed by atoms with Crippen LogP contribution in [0.2, 0.25) is 0 Å². The van der Waals surface area contributed by atoms with Crippen molar-refractivity contribution in [1.29, 1.82) is 0 Å². The van der Waals surface area contributed by atoms with Gasteiger partial charge in [-0.2, -0.15) is 13.2 Å². The van der Waals surface area contributed by atoms with Crippen LogP contribution in [0.5, 0.6) is 5.75 Å². The van der Waals surface area contributed by atoms with Crippen molar-refractivity contribution < 1.29 is 40.3 Å². The number of ether oxygens (including phenoxy) is 1. The minimum Gasteiger partial charge on any atom is -0.406 e. The number of anilines is 1. The maximum atomic E-state index is 14.8. The molecule has 2 heterocycles. The molecule has 0 aliphatic carbocycles. The Balaban J connectivity index is 1.67. The maximum Gasteiger partial charge on any atom is 0.573 e. The van der Waals surface area contributed by atoms with Crippen molar-refractivity contribution in [2.75, 3.05) is 4.90 Å². The molecule has 1 aliphatic rings. The molecule has 4 rings (SSSR count). The third-order valence-electron chi connectivity index (χ3n) is 6.13. The van der Waals surface area contributed by atoms with Crippen LogP contribution in [0.4, 0.5) is 36.4 Å². The van der Waals surface area contributed by atoms with Crippen LogP contribution in [0.3, 0.4) is 0 Å². The van der Waals surface area contributed by atoms with Gasteiger partial charge in [0.1, 0.15) is 17.3 Å². The quantitative estimate of drug-likeness (QED) is 0.362. The Labute approximate surface area is 213 Å². The first-order valence-corrected chi connectivity index (χ1v) is 11.4. The van der Waals surface area contributed by atoms with E-state index < -0.39 is 53.3 Å². The van der Waals surface area contributed by atoms with Crippen LogP contribution in [0.25, 0.3) is 0 Å².